The van der Waals surface area contributed by atoms with Gasteiger partial charge >= 0.3 is 18.2 Å². The smallest absolute Gasteiger partial charge is 0.407 e. The van der Waals surface area contributed by atoms with Crippen molar-refractivity contribution in [2.75, 3.05) is 19.7 Å². The predicted octanol–water partition coefficient (Wildman–Crippen LogP) is 6.41. The topological polar surface area (TPSA) is 240 Å². The number of ether oxygens (including phenoxy) is 3. The van der Waals surface area contributed by atoms with Crippen LogP contribution in [0.15, 0.2) is 48.5 Å². The van der Waals surface area contributed by atoms with Crippen LogP contribution < -0.4 is 31.9 Å². The van der Waals surface area contributed by atoms with Gasteiger partial charge in [0.15, 0.2) is 0 Å². The molecular formula is C49H76N6O11. The maximum atomic E-state index is 14.2. The Morgan fingerprint density at radius 2 is 1.14 bits per heavy atom. The van der Waals surface area contributed by atoms with Gasteiger partial charge in [0.25, 0.3) is 5.91 Å². The number of aryl methyl sites for hydroxylation is 1. The molecular weight excluding hydrogens is 849 g/mol. The standard InChI is InChI=1S/C49H76N6O11/c1-12-13-17-34-20-22-35(23-21-34)36-24-26-37(27-25-36)42(57)53-38(19-16-29-51-47(63)66-49(9,10)11)43(58)55-40(33(5)64-30-31(2)3)44(59)52-32(4)41(56)54-39(45(60)61)18-14-15-28-50-46(62)65-48(6,7)8/h20-27,31-33,38-40H,12-19,28-30H2,1-11H3,(H,50,62)(H,51,63)(H,52,59)(H,53,57)(H,54,56)(H,55,58)(H,60,61)/t32-,33?,38-,39-,40-/m0/s1. The Bertz CT molecular complexity index is 1870. The van der Waals surface area contributed by atoms with Gasteiger partial charge < -0.3 is 51.2 Å². The van der Waals surface area contributed by atoms with Crippen molar-refractivity contribution in [2.24, 2.45) is 5.92 Å². The van der Waals surface area contributed by atoms with E-state index in [0.717, 1.165) is 30.4 Å². The Balaban J connectivity index is 2.23. The third-order valence-corrected chi connectivity index (χ3v) is 9.91. The highest BCUT2D eigenvalue weighted by Gasteiger charge is 2.34. The van der Waals surface area contributed by atoms with E-state index in [-0.39, 0.29) is 44.9 Å². The molecule has 0 fully saturated rings. The lowest BCUT2D eigenvalue weighted by Crippen LogP contribution is -2.60. The Morgan fingerprint density at radius 1 is 0.606 bits per heavy atom. The summed E-state index contributed by atoms with van der Waals surface area (Å²) in [5.74, 6) is -4.03. The molecule has 0 heterocycles. The summed E-state index contributed by atoms with van der Waals surface area (Å²) in [7, 11) is 0. The van der Waals surface area contributed by atoms with E-state index >= 15 is 0 Å². The van der Waals surface area contributed by atoms with E-state index < -0.39 is 83.3 Å². The summed E-state index contributed by atoms with van der Waals surface area (Å²) in [4.78, 5) is 91.4. The number of amides is 6. The SMILES string of the molecule is CCCCc1ccc(-c2ccc(C(=O)N[C@@H](CCCNC(=O)OC(C)(C)C)C(=O)N[C@H](C(=O)N[C@@H](C)C(=O)N[C@@H](CCCCNC(=O)OC(C)(C)C)C(=O)O)C(C)OCC(C)C)cc2)cc1. The molecule has 0 saturated heterocycles. The van der Waals surface area contributed by atoms with Crippen LogP contribution in [0.3, 0.4) is 0 Å². The molecule has 2 aromatic rings. The number of hydrogen-bond acceptors (Lipinski definition) is 10. The Hall–Kier alpha value is -5.71. The number of carboxylic acids is 1. The van der Waals surface area contributed by atoms with Gasteiger partial charge in [-0.05, 0) is 135 Å². The van der Waals surface area contributed by atoms with Gasteiger partial charge in [-0.1, -0.05) is 63.6 Å². The largest absolute Gasteiger partial charge is 0.480 e. The number of benzene rings is 2. The van der Waals surface area contributed by atoms with E-state index in [1.165, 1.54) is 12.5 Å². The lowest BCUT2D eigenvalue weighted by molar-refractivity contribution is -0.142. The fourth-order valence-electron chi connectivity index (χ4n) is 6.37. The molecule has 17 nitrogen and oxygen atoms in total. The van der Waals surface area contributed by atoms with E-state index in [1.54, 1.807) is 60.6 Å². The quantitative estimate of drug-likeness (QED) is 0.0509. The van der Waals surface area contributed by atoms with Gasteiger partial charge in [0.05, 0.1) is 6.10 Å². The van der Waals surface area contributed by atoms with Crippen LogP contribution in [-0.4, -0.2) is 108 Å². The van der Waals surface area contributed by atoms with E-state index in [9.17, 15) is 38.7 Å². The summed E-state index contributed by atoms with van der Waals surface area (Å²) in [6.07, 6.45) is 2.18. The number of hydrogen-bond donors (Lipinski definition) is 7. The summed E-state index contributed by atoms with van der Waals surface area (Å²) in [5.41, 5.74) is 2.05. The maximum absolute atomic E-state index is 14.2. The van der Waals surface area contributed by atoms with Crippen LogP contribution in [0.1, 0.15) is 137 Å². The number of unbranched alkanes of at least 4 members (excludes halogenated alkanes) is 2. The first-order chi connectivity index (χ1) is 30.9. The van der Waals surface area contributed by atoms with Crippen molar-refractivity contribution < 1.29 is 52.9 Å². The van der Waals surface area contributed by atoms with Gasteiger partial charge in [-0.2, -0.15) is 0 Å². The van der Waals surface area contributed by atoms with Crippen LogP contribution in [0.4, 0.5) is 9.59 Å². The van der Waals surface area contributed by atoms with Crippen molar-refractivity contribution in [3.05, 3.63) is 59.7 Å². The highest BCUT2D eigenvalue weighted by atomic mass is 16.6. The number of carboxylic acid groups (broad SMARTS) is 1. The normalized spacial score (nSPS) is 13.8. The van der Waals surface area contributed by atoms with Gasteiger partial charge in [-0.15, -0.1) is 0 Å². The number of carbonyl (C=O) groups excluding carboxylic acids is 6. The molecule has 2 rings (SSSR count). The fourth-order valence-corrected chi connectivity index (χ4v) is 6.37. The maximum Gasteiger partial charge on any atom is 0.407 e. The number of rotatable bonds is 26. The molecule has 0 aliphatic carbocycles. The van der Waals surface area contributed by atoms with E-state index in [2.05, 4.69) is 51.0 Å². The summed E-state index contributed by atoms with van der Waals surface area (Å²) in [6, 6.07) is 10.2. The Kier molecular flexibility index (Phi) is 23.7. The minimum atomic E-state index is -1.36. The van der Waals surface area contributed by atoms with Gasteiger partial charge in [0.2, 0.25) is 17.7 Å². The van der Waals surface area contributed by atoms with Crippen molar-refractivity contribution in [2.45, 2.75) is 169 Å². The number of nitrogens with one attached hydrogen (secondary N) is 6. The average Bonchev–Trinajstić information content (AvgIpc) is 3.23. The molecule has 66 heavy (non-hydrogen) atoms. The van der Waals surface area contributed by atoms with Crippen molar-refractivity contribution in [1.82, 2.24) is 31.9 Å². The van der Waals surface area contributed by atoms with E-state index in [0.29, 0.717) is 18.4 Å². The third kappa shape index (κ3) is 22.5. The van der Waals surface area contributed by atoms with Crippen LogP contribution in [0.25, 0.3) is 11.1 Å². The molecule has 1 unspecified atom stereocenters. The van der Waals surface area contributed by atoms with Crippen molar-refractivity contribution >= 4 is 41.8 Å². The van der Waals surface area contributed by atoms with Crippen LogP contribution in [0.2, 0.25) is 0 Å². The lowest BCUT2D eigenvalue weighted by atomic mass is 10.0. The summed E-state index contributed by atoms with van der Waals surface area (Å²) >= 11 is 0. The fraction of sp³-hybridized carbons (Fsp3) is 0.612. The highest BCUT2D eigenvalue weighted by Crippen LogP contribution is 2.21. The number of aliphatic carboxylic acids is 1. The minimum Gasteiger partial charge on any atom is -0.480 e. The molecule has 0 aliphatic rings. The highest BCUT2D eigenvalue weighted by molar-refractivity contribution is 5.99. The average molecular weight is 925 g/mol. The second kappa shape index (κ2) is 27.7. The molecule has 0 aromatic heterocycles. The third-order valence-electron chi connectivity index (χ3n) is 9.91. The number of carbonyl (C=O) groups is 7. The molecule has 0 aliphatic heterocycles. The molecule has 7 N–H and O–H groups in total. The van der Waals surface area contributed by atoms with Crippen LogP contribution in [0.5, 0.6) is 0 Å². The molecule has 5 atom stereocenters. The molecule has 0 saturated carbocycles. The summed E-state index contributed by atoms with van der Waals surface area (Å²) < 4.78 is 16.5. The monoisotopic (exact) mass is 925 g/mol. The first-order valence-corrected chi connectivity index (χ1v) is 23.1. The predicted molar refractivity (Wildman–Crippen MR) is 253 cm³/mol. The molecule has 368 valence electrons. The van der Waals surface area contributed by atoms with Gasteiger partial charge in [-0.3, -0.25) is 19.2 Å². The van der Waals surface area contributed by atoms with Crippen molar-refractivity contribution in [3.8, 4) is 11.1 Å². The first-order valence-electron chi connectivity index (χ1n) is 23.1. The zero-order valence-electron chi connectivity index (χ0n) is 40.9. The summed E-state index contributed by atoms with van der Waals surface area (Å²) in [5, 5.41) is 25.6. The number of alkyl carbamates (subject to hydrolysis) is 2. The second-order valence-corrected chi connectivity index (χ2v) is 18.9. The first kappa shape index (κ1) is 56.4. The van der Waals surface area contributed by atoms with Crippen molar-refractivity contribution in [3.63, 3.8) is 0 Å². The molecule has 17 heteroatoms. The van der Waals surface area contributed by atoms with Crippen LogP contribution in [-0.2, 0) is 39.8 Å². The Morgan fingerprint density at radius 3 is 1.65 bits per heavy atom. The summed E-state index contributed by atoms with van der Waals surface area (Å²) in [6.45, 7) is 19.9. The second-order valence-electron chi connectivity index (χ2n) is 18.9. The lowest BCUT2D eigenvalue weighted by Gasteiger charge is -2.29. The van der Waals surface area contributed by atoms with Gasteiger partial charge in [-0.25, -0.2) is 14.4 Å². The van der Waals surface area contributed by atoms with Gasteiger partial charge in [0.1, 0.15) is 35.4 Å². The van der Waals surface area contributed by atoms with Crippen molar-refractivity contribution in [1.29, 1.82) is 0 Å². The molecule has 2 aromatic carbocycles. The van der Waals surface area contributed by atoms with Crippen LogP contribution >= 0.6 is 0 Å². The zero-order chi connectivity index (χ0) is 49.6. The molecule has 0 bridgehead atoms. The van der Waals surface area contributed by atoms with E-state index in [1.807, 2.05) is 38.1 Å². The molecule has 0 radical (unpaired) electrons. The molecule has 0 spiro atoms. The molecule has 6 amide bonds. The van der Waals surface area contributed by atoms with Gasteiger partial charge in [0, 0.05) is 25.3 Å². The Labute approximate surface area is 391 Å². The minimum absolute atomic E-state index is 0.0496. The van der Waals surface area contributed by atoms with Crippen LogP contribution in [0, 0.1) is 5.92 Å². The van der Waals surface area contributed by atoms with E-state index in [4.69, 9.17) is 14.2 Å². The zero-order valence-corrected chi connectivity index (χ0v) is 40.9.